The number of nitrogens with one attached hydrogen (secondary N) is 1. The maximum absolute atomic E-state index is 12.5. The molecule has 4 nitrogen and oxygen atoms in total. The average molecular weight is 338 g/mol. The van der Waals surface area contributed by atoms with Gasteiger partial charge in [0.1, 0.15) is 0 Å². The van der Waals surface area contributed by atoms with Gasteiger partial charge in [0.2, 0.25) is 0 Å². The van der Waals surface area contributed by atoms with Crippen LogP contribution in [0.4, 0.5) is 11.4 Å². The van der Waals surface area contributed by atoms with Gasteiger partial charge >= 0.3 is 0 Å². The second-order valence-corrected chi connectivity index (χ2v) is 6.80. The molecule has 0 aromatic heterocycles. The summed E-state index contributed by atoms with van der Waals surface area (Å²) in [6.45, 7) is 2.49. The second kappa shape index (κ2) is 8.17. The number of anilines is 2. The minimum absolute atomic E-state index is 0.143. The number of rotatable bonds is 5. The van der Waals surface area contributed by atoms with Crippen LogP contribution in [-0.2, 0) is 11.3 Å². The first-order chi connectivity index (χ1) is 12.1. The lowest BCUT2D eigenvalue weighted by molar-refractivity contribution is 0.0169. The number of hydrogen-bond acceptors (Lipinski definition) is 3. The fourth-order valence-electron chi connectivity index (χ4n) is 3.27. The number of carbonyl (C=O) groups is 1. The minimum atomic E-state index is -0.143. The van der Waals surface area contributed by atoms with Crippen LogP contribution in [-0.4, -0.2) is 12.0 Å². The fourth-order valence-corrected chi connectivity index (χ4v) is 3.27. The van der Waals surface area contributed by atoms with Crippen molar-refractivity contribution in [3.8, 4) is 0 Å². The average Bonchev–Trinajstić information content (AvgIpc) is 2.63. The third-order valence-corrected chi connectivity index (χ3v) is 4.73. The summed E-state index contributed by atoms with van der Waals surface area (Å²) in [5.41, 5.74) is 9.74. The van der Waals surface area contributed by atoms with Gasteiger partial charge < -0.3 is 15.8 Å². The highest BCUT2D eigenvalue weighted by molar-refractivity contribution is 6.05. The van der Waals surface area contributed by atoms with E-state index < -0.39 is 0 Å². The molecule has 0 radical (unpaired) electrons. The molecule has 0 spiro atoms. The van der Waals surface area contributed by atoms with E-state index in [1.165, 1.54) is 19.3 Å². The van der Waals surface area contributed by atoms with Crippen molar-refractivity contribution in [3.05, 3.63) is 59.2 Å². The Hall–Kier alpha value is -2.33. The molecular formula is C21H26N2O2. The number of ether oxygens (including phenoxy) is 1. The summed E-state index contributed by atoms with van der Waals surface area (Å²) in [6, 6.07) is 13.2. The summed E-state index contributed by atoms with van der Waals surface area (Å²) in [4.78, 5) is 12.5. The molecule has 2 aromatic rings. The van der Waals surface area contributed by atoms with Crippen LogP contribution in [0.3, 0.4) is 0 Å². The molecular weight excluding hydrogens is 312 g/mol. The molecule has 0 heterocycles. The van der Waals surface area contributed by atoms with Gasteiger partial charge in [0, 0.05) is 16.9 Å². The molecule has 25 heavy (non-hydrogen) atoms. The number of carbonyl (C=O) groups excluding carboxylic acids is 1. The number of aryl methyl sites for hydroxylation is 1. The van der Waals surface area contributed by atoms with Gasteiger partial charge in [0.15, 0.2) is 0 Å². The number of nitrogens with two attached hydrogens (primary N) is 1. The molecule has 4 heteroatoms. The summed E-state index contributed by atoms with van der Waals surface area (Å²) in [5.74, 6) is -0.143. The van der Waals surface area contributed by atoms with Crippen LogP contribution in [0.25, 0.3) is 0 Å². The van der Waals surface area contributed by atoms with Crippen molar-refractivity contribution in [2.45, 2.75) is 51.7 Å². The van der Waals surface area contributed by atoms with Crippen LogP contribution in [0.2, 0.25) is 0 Å². The summed E-state index contributed by atoms with van der Waals surface area (Å²) < 4.78 is 6.02. The summed E-state index contributed by atoms with van der Waals surface area (Å²) in [6.07, 6.45) is 6.55. The van der Waals surface area contributed by atoms with Crippen molar-refractivity contribution in [1.82, 2.24) is 0 Å². The minimum Gasteiger partial charge on any atom is -0.399 e. The van der Waals surface area contributed by atoms with E-state index in [9.17, 15) is 4.79 Å². The van der Waals surface area contributed by atoms with Gasteiger partial charge in [-0.3, -0.25) is 4.79 Å². The van der Waals surface area contributed by atoms with Crippen LogP contribution < -0.4 is 11.1 Å². The molecule has 1 aliphatic carbocycles. The maximum Gasteiger partial charge on any atom is 0.256 e. The Labute approximate surface area is 149 Å². The van der Waals surface area contributed by atoms with Gasteiger partial charge in [-0.1, -0.05) is 37.5 Å². The SMILES string of the molecule is Cc1ccc(N)cc1C(=O)Nc1cccc(COC2CCCCC2)c1. The first-order valence-electron chi connectivity index (χ1n) is 9.00. The number of hydrogen-bond donors (Lipinski definition) is 2. The molecule has 3 rings (SSSR count). The number of amides is 1. The molecule has 1 fully saturated rings. The Morgan fingerprint density at radius 2 is 1.96 bits per heavy atom. The molecule has 132 valence electrons. The quantitative estimate of drug-likeness (QED) is 0.778. The third-order valence-electron chi connectivity index (χ3n) is 4.73. The van der Waals surface area contributed by atoms with Gasteiger partial charge in [-0.25, -0.2) is 0 Å². The molecule has 0 atom stereocenters. The standard InChI is InChI=1S/C21H26N2O2/c1-15-10-11-17(22)13-20(15)21(24)23-18-7-5-6-16(12-18)14-25-19-8-3-2-4-9-19/h5-7,10-13,19H,2-4,8-9,14,22H2,1H3,(H,23,24). The summed E-state index contributed by atoms with van der Waals surface area (Å²) in [5, 5.41) is 2.95. The Balaban J connectivity index is 1.62. The number of benzene rings is 2. The Kier molecular flexibility index (Phi) is 5.71. The van der Waals surface area contributed by atoms with Gasteiger partial charge in [-0.05, 0) is 55.2 Å². The van der Waals surface area contributed by atoms with E-state index in [1.807, 2.05) is 37.3 Å². The highest BCUT2D eigenvalue weighted by Gasteiger charge is 2.14. The lowest BCUT2D eigenvalue weighted by Gasteiger charge is -2.22. The van der Waals surface area contributed by atoms with Crippen molar-refractivity contribution in [2.75, 3.05) is 11.1 Å². The molecule has 0 bridgehead atoms. The number of nitrogen functional groups attached to an aromatic ring is 1. The van der Waals surface area contributed by atoms with Gasteiger partial charge in [0.05, 0.1) is 12.7 Å². The van der Waals surface area contributed by atoms with Crippen molar-refractivity contribution < 1.29 is 9.53 Å². The molecule has 3 N–H and O–H groups in total. The van der Waals surface area contributed by atoms with Crippen LogP contribution in [0.15, 0.2) is 42.5 Å². The van der Waals surface area contributed by atoms with E-state index >= 15 is 0 Å². The zero-order chi connectivity index (χ0) is 17.6. The monoisotopic (exact) mass is 338 g/mol. The predicted molar refractivity (Wildman–Crippen MR) is 102 cm³/mol. The third kappa shape index (κ3) is 4.83. The molecule has 2 aromatic carbocycles. The van der Waals surface area contributed by atoms with Crippen molar-refractivity contribution in [1.29, 1.82) is 0 Å². The van der Waals surface area contributed by atoms with E-state index in [0.717, 1.165) is 29.7 Å². The molecule has 0 saturated heterocycles. The predicted octanol–water partition coefficient (Wildman–Crippen LogP) is 4.68. The maximum atomic E-state index is 12.5. The Morgan fingerprint density at radius 1 is 1.16 bits per heavy atom. The topological polar surface area (TPSA) is 64.4 Å². The van der Waals surface area contributed by atoms with Crippen molar-refractivity contribution in [3.63, 3.8) is 0 Å². The highest BCUT2D eigenvalue weighted by atomic mass is 16.5. The zero-order valence-electron chi connectivity index (χ0n) is 14.8. The van der Waals surface area contributed by atoms with E-state index in [4.69, 9.17) is 10.5 Å². The lowest BCUT2D eigenvalue weighted by Crippen LogP contribution is -2.16. The van der Waals surface area contributed by atoms with Gasteiger partial charge in [-0.15, -0.1) is 0 Å². The summed E-state index contributed by atoms with van der Waals surface area (Å²) in [7, 11) is 0. The van der Waals surface area contributed by atoms with E-state index in [1.54, 1.807) is 12.1 Å². The van der Waals surface area contributed by atoms with Crippen LogP contribution in [0.1, 0.15) is 53.6 Å². The lowest BCUT2D eigenvalue weighted by atomic mass is 9.98. The Morgan fingerprint density at radius 3 is 2.76 bits per heavy atom. The molecule has 1 saturated carbocycles. The van der Waals surface area contributed by atoms with Crippen molar-refractivity contribution in [2.24, 2.45) is 0 Å². The van der Waals surface area contributed by atoms with Crippen LogP contribution in [0.5, 0.6) is 0 Å². The van der Waals surface area contributed by atoms with Gasteiger partial charge in [-0.2, -0.15) is 0 Å². The molecule has 1 aliphatic rings. The summed E-state index contributed by atoms with van der Waals surface area (Å²) >= 11 is 0. The first-order valence-corrected chi connectivity index (χ1v) is 9.00. The molecule has 1 amide bonds. The Bertz CT molecular complexity index is 736. The molecule has 0 unspecified atom stereocenters. The van der Waals surface area contributed by atoms with E-state index in [-0.39, 0.29) is 5.91 Å². The van der Waals surface area contributed by atoms with Gasteiger partial charge in [0.25, 0.3) is 5.91 Å². The van der Waals surface area contributed by atoms with Crippen LogP contribution >= 0.6 is 0 Å². The highest BCUT2D eigenvalue weighted by Crippen LogP contribution is 2.22. The first kappa shape index (κ1) is 17.5. The molecule has 0 aliphatic heterocycles. The van der Waals surface area contributed by atoms with Crippen molar-refractivity contribution >= 4 is 17.3 Å². The largest absolute Gasteiger partial charge is 0.399 e. The normalized spacial score (nSPS) is 15.1. The zero-order valence-corrected chi connectivity index (χ0v) is 14.8. The van der Waals surface area contributed by atoms with E-state index in [0.29, 0.717) is 24.0 Å². The van der Waals surface area contributed by atoms with Crippen LogP contribution in [0, 0.1) is 6.92 Å². The smallest absolute Gasteiger partial charge is 0.256 e. The second-order valence-electron chi connectivity index (χ2n) is 6.80. The fraction of sp³-hybridized carbons (Fsp3) is 0.381. The van der Waals surface area contributed by atoms with E-state index in [2.05, 4.69) is 5.32 Å².